The average molecular weight is 496 g/mol. The second-order valence-corrected chi connectivity index (χ2v) is 9.49. The molecule has 1 saturated heterocycles. The van der Waals surface area contributed by atoms with E-state index in [1.807, 2.05) is 13.8 Å². The van der Waals surface area contributed by atoms with Gasteiger partial charge in [-0.05, 0) is 52.1 Å². The molecule has 2 unspecified atom stereocenters. The molecule has 1 aliphatic heterocycles. The second kappa shape index (κ2) is 11.3. The van der Waals surface area contributed by atoms with Crippen molar-refractivity contribution in [1.29, 1.82) is 0 Å². The standard InChI is InChI=1S/C24H31N7O3.C2H6/c1-3-4-10-18(32)15-8-5-9-16-20(29-34-21(15)16)23-26-12-17-19(22(25)33)28-31(24(17)27-23)13-14-7-6-11-30(14)2;1-2/h12,14-15H,3-11,13H2,1-2H3,(H2,25,33);1-2H3. The molecule has 0 bridgehead atoms. The Labute approximate surface area is 211 Å². The average Bonchev–Trinajstić information content (AvgIpc) is 3.61. The Hall–Kier alpha value is -3.14. The van der Waals surface area contributed by atoms with Crippen LogP contribution in [0.1, 0.15) is 93.4 Å². The number of aromatic nitrogens is 5. The largest absolute Gasteiger partial charge is 0.364 e. The van der Waals surface area contributed by atoms with Crippen LogP contribution in [0, 0.1) is 0 Å². The fraction of sp³-hybridized carbons (Fsp3) is 0.615. The molecule has 1 amide bonds. The number of ketones is 1. The normalized spacial score (nSPS) is 19.7. The van der Waals surface area contributed by atoms with Gasteiger partial charge in [-0.25, -0.2) is 14.6 Å². The topological polar surface area (TPSA) is 133 Å². The third-order valence-electron chi connectivity index (χ3n) is 7.21. The van der Waals surface area contributed by atoms with Gasteiger partial charge in [-0.3, -0.25) is 9.59 Å². The summed E-state index contributed by atoms with van der Waals surface area (Å²) in [5.41, 5.74) is 7.80. The summed E-state index contributed by atoms with van der Waals surface area (Å²) in [5.74, 6) is 0.435. The van der Waals surface area contributed by atoms with Gasteiger partial charge in [0.05, 0.1) is 17.8 Å². The SMILES string of the molecule is CC.CCCCC(=O)C1CCCc2c(-c3ncc4c(C(N)=O)nn(CC5CCCN5C)c4n3)noc21. The minimum Gasteiger partial charge on any atom is -0.364 e. The molecule has 5 rings (SSSR count). The zero-order valence-corrected chi connectivity index (χ0v) is 21.8. The van der Waals surface area contributed by atoms with Gasteiger partial charge in [-0.1, -0.05) is 32.3 Å². The highest BCUT2D eigenvalue weighted by Crippen LogP contribution is 2.38. The van der Waals surface area contributed by atoms with Gasteiger partial charge in [0.2, 0.25) is 0 Å². The number of carbonyl (C=O) groups excluding carboxylic acids is 2. The van der Waals surface area contributed by atoms with Crippen molar-refractivity contribution in [3.8, 4) is 11.5 Å². The molecule has 2 aliphatic rings. The molecule has 0 aromatic carbocycles. The second-order valence-electron chi connectivity index (χ2n) is 9.49. The quantitative estimate of drug-likeness (QED) is 0.498. The minimum atomic E-state index is -0.605. The summed E-state index contributed by atoms with van der Waals surface area (Å²) >= 11 is 0. The molecular formula is C26H37N7O3. The predicted molar refractivity (Wildman–Crippen MR) is 137 cm³/mol. The summed E-state index contributed by atoms with van der Waals surface area (Å²) in [4.78, 5) is 36.4. The molecule has 194 valence electrons. The molecule has 1 aliphatic carbocycles. The third-order valence-corrected chi connectivity index (χ3v) is 7.21. The maximum absolute atomic E-state index is 12.8. The number of amides is 1. The first kappa shape index (κ1) is 25.9. The van der Waals surface area contributed by atoms with Gasteiger partial charge in [0.1, 0.15) is 5.78 Å². The van der Waals surface area contributed by atoms with Gasteiger partial charge >= 0.3 is 0 Å². The number of likely N-dealkylation sites (tertiary alicyclic amines) is 1. The monoisotopic (exact) mass is 495 g/mol. The van der Waals surface area contributed by atoms with E-state index in [-0.39, 0.29) is 17.4 Å². The first-order valence-electron chi connectivity index (χ1n) is 13.2. The van der Waals surface area contributed by atoms with E-state index in [2.05, 4.69) is 34.1 Å². The van der Waals surface area contributed by atoms with E-state index in [0.29, 0.717) is 47.3 Å². The summed E-state index contributed by atoms with van der Waals surface area (Å²) in [6.45, 7) is 7.73. The Morgan fingerprint density at radius 1 is 1.22 bits per heavy atom. The van der Waals surface area contributed by atoms with Crippen molar-refractivity contribution in [1.82, 2.24) is 29.8 Å². The number of rotatable bonds is 8. The Kier molecular flexibility index (Phi) is 8.13. The Balaban J connectivity index is 0.00000148. The number of hydrogen-bond acceptors (Lipinski definition) is 8. The lowest BCUT2D eigenvalue weighted by Crippen LogP contribution is -2.30. The molecule has 36 heavy (non-hydrogen) atoms. The lowest BCUT2D eigenvalue weighted by Gasteiger charge is -2.19. The van der Waals surface area contributed by atoms with Gasteiger partial charge < -0.3 is 15.2 Å². The third kappa shape index (κ3) is 4.91. The maximum atomic E-state index is 12.8. The highest BCUT2D eigenvalue weighted by molar-refractivity contribution is 6.03. The minimum absolute atomic E-state index is 0.172. The van der Waals surface area contributed by atoms with E-state index >= 15 is 0 Å². The zero-order chi connectivity index (χ0) is 25.8. The Morgan fingerprint density at radius 3 is 2.72 bits per heavy atom. The molecule has 0 spiro atoms. The molecule has 0 radical (unpaired) electrons. The Morgan fingerprint density at radius 2 is 2.03 bits per heavy atom. The summed E-state index contributed by atoms with van der Waals surface area (Å²) in [6, 6.07) is 0.317. The number of carbonyl (C=O) groups is 2. The van der Waals surface area contributed by atoms with Crippen LogP contribution >= 0.6 is 0 Å². The molecule has 10 nitrogen and oxygen atoms in total. The molecule has 3 aromatic heterocycles. The van der Waals surface area contributed by atoms with Crippen LogP contribution in [-0.2, 0) is 17.8 Å². The van der Waals surface area contributed by atoms with Crippen molar-refractivity contribution in [2.24, 2.45) is 5.73 Å². The molecule has 2 atom stereocenters. The van der Waals surface area contributed by atoms with Crippen LogP contribution in [0.3, 0.4) is 0 Å². The van der Waals surface area contributed by atoms with E-state index in [4.69, 9.17) is 15.2 Å². The fourth-order valence-electron chi connectivity index (χ4n) is 5.25. The zero-order valence-electron chi connectivity index (χ0n) is 21.8. The summed E-state index contributed by atoms with van der Waals surface area (Å²) in [5, 5.41) is 9.31. The van der Waals surface area contributed by atoms with E-state index in [0.717, 1.165) is 57.1 Å². The van der Waals surface area contributed by atoms with Crippen LogP contribution in [-0.4, -0.2) is 61.1 Å². The first-order chi connectivity index (χ1) is 17.5. The van der Waals surface area contributed by atoms with Crippen molar-refractivity contribution in [2.75, 3.05) is 13.6 Å². The van der Waals surface area contributed by atoms with Gasteiger partial charge in [0.25, 0.3) is 5.91 Å². The molecular weight excluding hydrogens is 458 g/mol. The summed E-state index contributed by atoms with van der Waals surface area (Å²) in [7, 11) is 2.10. The number of likely N-dealkylation sites (N-methyl/N-ethyl adjacent to an activating group) is 1. The predicted octanol–water partition coefficient (Wildman–Crippen LogP) is 3.88. The van der Waals surface area contributed by atoms with Crippen LogP contribution in [0.4, 0.5) is 0 Å². The van der Waals surface area contributed by atoms with Crippen molar-refractivity contribution < 1.29 is 14.1 Å². The number of Topliss-reactive ketones (excluding diaryl/α,β-unsaturated/α-hetero) is 1. The van der Waals surface area contributed by atoms with Gasteiger partial charge in [-0.15, -0.1) is 0 Å². The van der Waals surface area contributed by atoms with Crippen molar-refractivity contribution >= 4 is 22.7 Å². The number of hydrogen-bond donors (Lipinski definition) is 1. The van der Waals surface area contributed by atoms with Crippen molar-refractivity contribution in [2.45, 2.75) is 90.6 Å². The molecule has 4 heterocycles. The maximum Gasteiger partial charge on any atom is 0.269 e. The number of fused-ring (bicyclic) bond motifs is 2. The smallest absolute Gasteiger partial charge is 0.269 e. The van der Waals surface area contributed by atoms with Crippen LogP contribution in [0.5, 0.6) is 0 Å². The molecule has 3 aromatic rings. The Bertz CT molecular complexity index is 1230. The number of unbranched alkanes of at least 4 members (excludes halogenated alkanes) is 1. The fourth-order valence-corrected chi connectivity index (χ4v) is 5.25. The van der Waals surface area contributed by atoms with E-state index in [9.17, 15) is 9.59 Å². The number of nitrogens with zero attached hydrogens (tertiary/aromatic N) is 6. The van der Waals surface area contributed by atoms with E-state index in [1.165, 1.54) is 0 Å². The lowest BCUT2D eigenvalue weighted by atomic mass is 9.83. The van der Waals surface area contributed by atoms with E-state index in [1.54, 1.807) is 10.9 Å². The van der Waals surface area contributed by atoms with Crippen molar-refractivity contribution in [3.05, 3.63) is 23.2 Å². The lowest BCUT2D eigenvalue weighted by molar-refractivity contribution is -0.121. The van der Waals surface area contributed by atoms with Gasteiger partial charge in [-0.2, -0.15) is 5.10 Å². The molecule has 0 saturated carbocycles. The molecule has 1 fully saturated rings. The number of primary amides is 1. The van der Waals surface area contributed by atoms with Crippen LogP contribution in [0.15, 0.2) is 10.7 Å². The first-order valence-corrected chi connectivity index (χ1v) is 13.2. The summed E-state index contributed by atoms with van der Waals surface area (Å²) in [6.07, 6.45) is 8.66. The highest BCUT2D eigenvalue weighted by Gasteiger charge is 2.34. The van der Waals surface area contributed by atoms with Gasteiger partial charge in [0, 0.05) is 24.2 Å². The molecule has 2 N–H and O–H groups in total. The van der Waals surface area contributed by atoms with Crippen LogP contribution in [0.2, 0.25) is 0 Å². The van der Waals surface area contributed by atoms with Crippen LogP contribution < -0.4 is 5.73 Å². The van der Waals surface area contributed by atoms with Crippen molar-refractivity contribution in [3.63, 3.8) is 0 Å². The van der Waals surface area contributed by atoms with Gasteiger partial charge in [0.15, 0.2) is 28.6 Å². The van der Waals surface area contributed by atoms with E-state index < -0.39 is 5.91 Å². The summed E-state index contributed by atoms with van der Waals surface area (Å²) < 4.78 is 7.47. The van der Waals surface area contributed by atoms with Crippen LogP contribution in [0.25, 0.3) is 22.6 Å². The molecule has 10 heteroatoms. The highest BCUT2D eigenvalue weighted by atomic mass is 16.5. The number of nitrogens with two attached hydrogens (primary N) is 1.